The topological polar surface area (TPSA) is 82.5 Å². The van der Waals surface area contributed by atoms with Crippen LogP contribution in [0.3, 0.4) is 0 Å². The van der Waals surface area contributed by atoms with Crippen molar-refractivity contribution in [2.24, 2.45) is 0 Å². The molecule has 0 spiro atoms. The molecule has 32 heavy (non-hydrogen) atoms. The van der Waals surface area contributed by atoms with Gasteiger partial charge in [0.1, 0.15) is 5.70 Å². The summed E-state index contributed by atoms with van der Waals surface area (Å²) in [7, 11) is 0. The first-order chi connectivity index (χ1) is 15.7. The van der Waals surface area contributed by atoms with E-state index in [1.165, 1.54) is 4.90 Å². The number of pyridine rings is 1. The largest absolute Gasteiger partial charge is 0.363 e. The van der Waals surface area contributed by atoms with E-state index in [1.807, 2.05) is 47.4 Å². The molecule has 2 aromatic heterocycles. The monoisotopic (exact) mass is 426 g/mol. The summed E-state index contributed by atoms with van der Waals surface area (Å²) < 4.78 is 0. The third kappa shape index (κ3) is 3.71. The fourth-order valence-corrected chi connectivity index (χ4v) is 4.12. The lowest BCUT2D eigenvalue weighted by molar-refractivity contribution is -0.138. The van der Waals surface area contributed by atoms with E-state index < -0.39 is 0 Å². The number of rotatable bonds is 5. The van der Waals surface area contributed by atoms with Gasteiger partial charge in [0.2, 0.25) is 5.95 Å². The Morgan fingerprint density at radius 3 is 2.06 bits per heavy atom. The van der Waals surface area contributed by atoms with E-state index in [-0.39, 0.29) is 18.4 Å². The first kappa shape index (κ1) is 19.9. The highest BCUT2D eigenvalue weighted by Gasteiger charge is 2.42. The van der Waals surface area contributed by atoms with Crippen molar-refractivity contribution in [2.75, 3.05) is 31.1 Å². The van der Waals surface area contributed by atoms with Crippen molar-refractivity contribution in [3.05, 3.63) is 90.1 Å². The zero-order valence-corrected chi connectivity index (χ0v) is 17.5. The van der Waals surface area contributed by atoms with Crippen molar-refractivity contribution in [1.82, 2.24) is 24.8 Å². The molecule has 1 saturated heterocycles. The molecule has 8 heteroatoms. The van der Waals surface area contributed by atoms with Gasteiger partial charge in [-0.2, -0.15) is 0 Å². The lowest BCUT2D eigenvalue weighted by Crippen LogP contribution is -2.48. The van der Waals surface area contributed by atoms with Crippen molar-refractivity contribution in [3.8, 4) is 0 Å². The molecule has 160 valence electrons. The number of hydrogen-bond donors (Lipinski definition) is 0. The quantitative estimate of drug-likeness (QED) is 0.577. The number of piperazine rings is 1. The number of nitrogens with zero attached hydrogens (tertiary/aromatic N) is 6. The minimum absolute atomic E-state index is 0.220. The predicted octanol–water partition coefficient (Wildman–Crippen LogP) is 1.97. The molecule has 2 aliphatic heterocycles. The highest BCUT2D eigenvalue weighted by molar-refractivity contribution is 6.35. The molecular formula is C24H22N6O2. The second kappa shape index (κ2) is 8.58. The van der Waals surface area contributed by atoms with Gasteiger partial charge in [0.25, 0.3) is 11.8 Å². The molecule has 0 radical (unpaired) electrons. The standard InChI is InChI=1S/C24H22N6O2/c31-22-20(19-5-2-1-3-6-19)21(23(32)30(22)17-18-7-11-25-12-8-18)28-13-15-29(16-14-28)24-26-9-4-10-27-24/h1-12H,13-17H2. The fourth-order valence-electron chi connectivity index (χ4n) is 4.12. The van der Waals surface area contributed by atoms with Crippen LogP contribution >= 0.6 is 0 Å². The van der Waals surface area contributed by atoms with E-state index in [9.17, 15) is 9.59 Å². The summed E-state index contributed by atoms with van der Waals surface area (Å²) in [6.45, 7) is 2.76. The molecule has 1 aromatic carbocycles. The van der Waals surface area contributed by atoms with Crippen LogP contribution < -0.4 is 4.90 Å². The summed E-state index contributed by atoms with van der Waals surface area (Å²) in [4.78, 5) is 45.1. The third-order valence-corrected chi connectivity index (χ3v) is 5.73. The van der Waals surface area contributed by atoms with Gasteiger partial charge in [-0.05, 0) is 29.3 Å². The lowest BCUT2D eigenvalue weighted by Gasteiger charge is -2.36. The van der Waals surface area contributed by atoms with Crippen LogP contribution in [0.25, 0.3) is 5.57 Å². The summed E-state index contributed by atoms with van der Waals surface area (Å²) in [5.74, 6) is 0.162. The summed E-state index contributed by atoms with van der Waals surface area (Å²) in [5, 5.41) is 0. The van der Waals surface area contributed by atoms with E-state index in [0.29, 0.717) is 43.4 Å². The van der Waals surface area contributed by atoms with Gasteiger partial charge in [0, 0.05) is 51.0 Å². The molecule has 8 nitrogen and oxygen atoms in total. The number of benzene rings is 1. The molecule has 2 amide bonds. The van der Waals surface area contributed by atoms with Gasteiger partial charge < -0.3 is 9.80 Å². The maximum Gasteiger partial charge on any atom is 0.278 e. The number of aromatic nitrogens is 3. The van der Waals surface area contributed by atoms with Crippen molar-refractivity contribution in [3.63, 3.8) is 0 Å². The molecular weight excluding hydrogens is 404 g/mol. The third-order valence-electron chi connectivity index (χ3n) is 5.73. The Balaban J connectivity index is 1.44. The Kier molecular flexibility index (Phi) is 5.33. The normalized spacial score (nSPS) is 16.8. The Morgan fingerprint density at radius 1 is 0.719 bits per heavy atom. The molecule has 0 N–H and O–H groups in total. The van der Waals surface area contributed by atoms with E-state index in [1.54, 1.807) is 30.9 Å². The number of carbonyl (C=O) groups is 2. The maximum absolute atomic E-state index is 13.5. The predicted molar refractivity (Wildman–Crippen MR) is 119 cm³/mol. The number of carbonyl (C=O) groups excluding carboxylic acids is 2. The molecule has 0 saturated carbocycles. The molecule has 0 aliphatic carbocycles. The van der Waals surface area contributed by atoms with Crippen LogP contribution in [0.5, 0.6) is 0 Å². The van der Waals surface area contributed by atoms with Gasteiger partial charge in [0.05, 0.1) is 12.1 Å². The Labute approximate surface area is 185 Å². The average Bonchev–Trinajstić information content (AvgIpc) is 3.10. The molecule has 0 unspecified atom stereocenters. The van der Waals surface area contributed by atoms with Crippen LogP contribution in [0.2, 0.25) is 0 Å². The average molecular weight is 426 g/mol. The van der Waals surface area contributed by atoms with E-state index >= 15 is 0 Å². The molecule has 1 fully saturated rings. The molecule has 0 bridgehead atoms. The van der Waals surface area contributed by atoms with E-state index in [2.05, 4.69) is 19.9 Å². The number of amides is 2. The van der Waals surface area contributed by atoms with Crippen LogP contribution in [0.4, 0.5) is 5.95 Å². The van der Waals surface area contributed by atoms with Gasteiger partial charge in [-0.15, -0.1) is 0 Å². The fraction of sp³-hybridized carbons (Fsp3) is 0.208. The van der Waals surface area contributed by atoms with Gasteiger partial charge in [0.15, 0.2) is 0 Å². The van der Waals surface area contributed by atoms with Crippen molar-refractivity contribution < 1.29 is 9.59 Å². The van der Waals surface area contributed by atoms with Gasteiger partial charge in [-0.25, -0.2) is 9.97 Å². The van der Waals surface area contributed by atoms with Gasteiger partial charge in [-0.3, -0.25) is 19.5 Å². The first-order valence-corrected chi connectivity index (χ1v) is 10.5. The maximum atomic E-state index is 13.5. The summed E-state index contributed by atoms with van der Waals surface area (Å²) in [5.41, 5.74) is 2.56. The second-order valence-corrected chi connectivity index (χ2v) is 7.66. The lowest BCUT2D eigenvalue weighted by atomic mass is 10.0. The first-order valence-electron chi connectivity index (χ1n) is 10.5. The second-order valence-electron chi connectivity index (χ2n) is 7.66. The Morgan fingerprint density at radius 2 is 1.38 bits per heavy atom. The van der Waals surface area contributed by atoms with Gasteiger partial charge in [-0.1, -0.05) is 30.3 Å². The van der Waals surface area contributed by atoms with E-state index in [4.69, 9.17) is 0 Å². The van der Waals surface area contributed by atoms with Crippen molar-refractivity contribution in [1.29, 1.82) is 0 Å². The Bertz CT molecular complexity index is 1140. The Hall–Kier alpha value is -4.07. The molecule has 2 aliphatic rings. The number of anilines is 1. The zero-order chi connectivity index (χ0) is 21.9. The molecule has 5 rings (SSSR count). The van der Waals surface area contributed by atoms with Crippen LogP contribution in [0.15, 0.2) is 79.0 Å². The molecule has 4 heterocycles. The smallest absolute Gasteiger partial charge is 0.278 e. The van der Waals surface area contributed by atoms with Crippen molar-refractivity contribution in [2.45, 2.75) is 6.54 Å². The minimum atomic E-state index is -0.262. The molecule has 3 aromatic rings. The zero-order valence-electron chi connectivity index (χ0n) is 17.5. The van der Waals surface area contributed by atoms with E-state index in [0.717, 1.165) is 11.1 Å². The number of imide groups is 1. The minimum Gasteiger partial charge on any atom is -0.363 e. The van der Waals surface area contributed by atoms with Crippen LogP contribution in [0.1, 0.15) is 11.1 Å². The summed E-state index contributed by atoms with van der Waals surface area (Å²) >= 11 is 0. The van der Waals surface area contributed by atoms with Crippen LogP contribution in [-0.4, -0.2) is 62.7 Å². The molecule has 0 atom stereocenters. The highest BCUT2D eigenvalue weighted by Crippen LogP contribution is 2.33. The highest BCUT2D eigenvalue weighted by atomic mass is 16.2. The number of hydrogen-bond acceptors (Lipinski definition) is 7. The van der Waals surface area contributed by atoms with Gasteiger partial charge >= 0.3 is 0 Å². The van der Waals surface area contributed by atoms with Crippen LogP contribution in [-0.2, 0) is 16.1 Å². The summed E-state index contributed by atoms with van der Waals surface area (Å²) in [6, 6.07) is 14.9. The van der Waals surface area contributed by atoms with Crippen LogP contribution in [0, 0.1) is 0 Å². The SMILES string of the molecule is O=C1C(c2ccccc2)=C(N2CCN(c3ncccn3)CC2)C(=O)N1Cc1ccncc1. The van der Waals surface area contributed by atoms with Crippen molar-refractivity contribution >= 4 is 23.3 Å². The summed E-state index contributed by atoms with van der Waals surface area (Å²) in [6.07, 6.45) is 6.77.